The average Bonchev–Trinajstić information content (AvgIpc) is 2.35. The molecule has 3 N–H and O–H groups in total. The van der Waals surface area contributed by atoms with E-state index in [1.165, 1.54) is 7.05 Å². The maximum atomic E-state index is 12.8. The van der Waals surface area contributed by atoms with Crippen molar-refractivity contribution in [2.75, 3.05) is 13.6 Å². The summed E-state index contributed by atoms with van der Waals surface area (Å²) >= 11 is 0. The quantitative estimate of drug-likeness (QED) is 0.747. The predicted molar refractivity (Wildman–Crippen MR) is 61.3 cm³/mol. The normalized spacial score (nSPS) is 15.9. The number of rotatable bonds is 4. The Hall–Kier alpha value is -1.32. The van der Waals surface area contributed by atoms with Crippen LogP contribution < -0.4 is 5.32 Å². The minimum atomic E-state index is -4.94. The Kier molecular flexibility index (Phi) is 5.24. The number of alkyl halides is 6. The monoisotopic (exact) mass is 317 g/mol. The highest BCUT2D eigenvalue weighted by Gasteiger charge is 2.39. The maximum Gasteiger partial charge on any atom is 0.416 e. The lowest BCUT2D eigenvalue weighted by atomic mass is 9.95. The number of likely N-dealkylation sites (N-methyl/N-ethyl adjacent to an activating group) is 1. The molecule has 9 heteroatoms. The molecule has 0 aliphatic heterocycles. The van der Waals surface area contributed by atoms with Crippen LogP contribution in [0.15, 0.2) is 18.2 Å². The van der Waals surface area contributed by atoms with Gasteiger partial charge in [0.2, 0.25) is 0 Å². The van der Waals surface area contributed by atoms with Crippen molar-refractivity contribution in [1.29, 1.82) is 0 Å². The van der Waals surface area contributed by atoms with Crippen LogP contribution in [0.4, 0.5) is 26.3 Å². The first kappa shape index (κ1) is 17.7. The predicted octanol–water partition coefficient (Wildman–Crippen LogP) is 2.34. The Labute approximate surface area is 116 Å². The molecular formula is C12H13F6NO2. The van der Waals surface area contributed by atoms with Crippen LogP contribution in [0.5, 0.6) is 0 Å². The lowest BCUT2D eigenvalue weighted by Crippen LogP contribution is -2.31. The highest BCUT2D eigenvalue weighted by Crippen LogP contribution is 2.39. The first-order chi connectivity index (χ1) is 9.48. The molecule has 1 rings (SSSR count). The molecule has 0 aromatic heterocycles. The Balaban J connectivity index is 3.36. The summed E-state index contributed by atoms with van der Waals surface area (Å²) in [5, 5.41) is 21.6. The van der Waals surface area contributed by atoms with E-state index < -0.39 is 41.3 Å². The van der Waals surface area contributed by atoms with Crippen molar-refractivity contribution < 1.29 is 36.6 Å². The molecule has 0 fully saturated rings. The van der Waals surface area contributed by atoms with Crippen LogP contribution in [0.2, 0.25) is 0 Å². The molecule has 1 aromatic rings. The highest BCUT2D eigenvalue weighted by molar-refractivity contribution is 5.37. The fourth-order valence-corrected chi connectivity index (χ4v) is 1.77. The largest absolute Gasteiger partial charge is 0.416 e. The molecule has 0 saturated heterocycles. The molecule has 0 spiro atoms. The Morgan fingerprint density at radius 3 is 2.05 bits per heavy atom. The molecule has 0 aliphatic carbocycles. The zero-order chi connectivity index (χ0) is 16.4. The number of halogens is 6. The summed E-state index contributed by atoms with van der Waals surface area (Å²) in [6, 6.07) is 0.726. The summed E-state index contributed by atoms with van der Waals surface area (Å²) in [5.74, 6) is 0. The van der Waals surface area contributed by atoms with Gasteiger partial charge in [-0.2, -0.15) is 26.3 Å². The third-order valence-corrected chi connectivity index (χ3v) is 2.78. The van der Waals surface area contributed by atoms with Crippen molar-refractivity contribution >= 4 is 0 Å². The van der Waals surface area contributed by atoms with Crippen LogP contribution in [0.1, 0.15) is 22.8 Å². The Bertz CT molecular complexity index is 486. The molecular weight excluding hydrogens is 304 g/mol. The van der Waals surface area contributed by atoms with Gasteiger partial charge in [0.1, 0.15) is 6.10 Å². The summed E-state index contributed by atoms with van der Waals surface area (Å²) in [7, 11) is 1.37. The molecule has 120 valence electrons. The number of nitrogens with one attached hydrogen (secondary N) is 1. The van der Waals surface area contributed by atoms with Gasteiger partial charge in [-0.3, -0.25) is 0 Å². The topological polar surface area (TPSA) is 52.5 Å². The molecule has 21 heavy (non-hydrogen) atoms. The minimum absolute atomic E-state index is 0.201. The number of hydrogen-bond donors (Lipinski definition) is 3. The van der Waals surface area contributed by atoms with E-state index in [9.17, 15) is 36.6 Å². The van der Waals surface area contributed by atoms with Gasteiger partial charge in [-0.1, -0.05) is 0 Å². The molecule has 2 unspecified atom stereocenters. The summed E-state index contributed by atoms with van der Waals surface area (Å²) in [6.07, 6.45) is -13.6. The van der Waals surface area contributed by atoms with E-state index in [0.717, 1.165) is 0 Å². The van der Waals surface area contributed by atoms with Gasteiger partial charge in [0.15, 0.2) is 0 Å². The second-order valence-electron chi connectivity index (χ2n) is 4.37. The number of hydrogen-bond acceptors (Lipinski definition) is 3. The van der Waals surface area contributed by atoms with Gasteiger partial charge >= 0.3 is 12.4 Å². The van der Waals surface area contributed by atoms with Crippen molar-refractivity contribution in [3.8, 4) is 0 Å². The molecule has 3 nitrogen and oxygen atoms in total. The van der Waals surface area contributed by atoms with Crippen LogP contribution in [-0.2, 0) is 12.4 Å². The fourth-order valence-electron chi connectivity index (χ4n) is 1.77. The van der Waals surface area contributed by atoms with Crippen molar-refractivity contribution in [3.63, 3.8) is 0 Å². The van der Waals surface area contributed by atoms with Crippen molar-refractivity contribution in [1.82, 2.24) is 5.32 Å². The third-order valence-electron chi connectivity index (χ3n) is 2.78. The highest BCUT2D eigenvalue weighted by atomic mass is 19.4. The zero-order valence-corrected chi connectivity index (χ0v) is 10.8. The average molecular weight is 317 g/mol. The molecule has 2 atom stereocenters. The minimum Gasteiger partial charge on any atom is -0.389 e. The zero-order valence-electron chi connectivity index (χ0n) is 10.8. The van der Waals surface area contributed by atoms with Crippen LogP contribution in [0.25, 0.3) is 0 Å². The summed E-state index contributed by atoms with van der Waals surface area (Å²) < 4.78 is 76.1. The lowest BCUT2D eigenvalue weighted by molar-refractivity contribution is -0.143. The Morgan fingerprint density at radius 1 is 1.05 bits per heavy atom. The first-order valence-corrected chi connectivity index (χ1v) is 5.77. The maximum absolute atomic E-state index is 12.8. The smallest absolute Gasteiger partial charge is 0.389 e. The van der Waals surface area contributed by atoms with Gasteiger partial charge in [-0.25, -0.2) is 0 Å². The van der Waals surface area contributed by atoms with Gasteiger partial charge in [0, 0.05) is 6.54 Å². The molecule has 0 amide bonds. The first-order valence-electron chi connectivity index (χ1n) is 5.77. The lowest BCUT2D eigenvalue weighted by Gasteiger charge is -2.23. The molecule has 0 bridgehead atoms. The second kappa shape index (κ2) is 6.20. The van der Waals surface area contributed by atoms with E-state index in [-0.39, 0.29) is 24.7 Å². The fraction of sp³-hybridized carbons (Fsp3) is 0.500. The van der Waals surface area contributed by atoms with Crippen molar-refractivity contribution in [3.05, 3.63) is 34.9 Å². The van der Waals surface area contributed by atoms with Gasteiger partial charge in [0.05, 0.1) is 17.2 Å². The molecule has 0 heterocycles. The van der Waals surface area contributed by atoms with Crippen molar-refractivity contribution in [2.45, 2.75) is 24.6 Å². The van der Waals surface area contributed by atoms with Gasteiger partial charge in [0.25, 0.3) is 0 Å². The van der Waals surface area contributed by atoms with E-state index in [1.807, 2.05) is 0 Å². The van der Waals surface area contributed by atoms with Gasteiger partial charge < -0.3 is 15.5 Å². The SMILES string of the molecule is CNCC(O)C(O)c1cc(C(F)(F)F)ccc1C(F)(F)F. The van der Waals surface area contributed by atoms with Crippen molar-refractivity contribution in [2.24, 2.45) is 0 Å². The van der Waals surface area contributed by atoms with E-state index in [2.05, 4.69) is 5.32 Å². The molecule has 0 saturated carbocycles. The van der Waals surface area contributed by atoms with E-state index in [4.69, 9.17) is 0 Å². The molecule has 1 aromatic carbocycles. The summed E-state index contributed by atoms with van der Waals surface area (Å²) in [4.78, 5) is 0. The van der Waals surface area contributed by atoms with E-state index in [0.29, 0.717) is 0 Å². The molecule has 0 aliphatic rings. The van der Waals surface area contributed by atoms with Gasteiger partial charge in [-0.15, -0.1) is 0 Å². The van der Waals surface area contributed by atoms with Gasteiger partial charge in [-0.05, 0) is 30.8 Å². The Morgan fingerprint density at radius 2 is 1.62 bits per heavy atom. The second-order valence-corrected chi connectivity index (χ2v) is 4.37. The van der Waals surface area contributed by atoms with E-state index in [1.54, 1.807) is 0 Å². The molecule has 0 radical (unpaired) electrons. The standard InChI is InChI=1S/C12H13F6NO2/c1-19-5-9(20)10(21)7-4-6(11(13,14)15)2-3-8(7)12(16,17)18/h2-4,9-10,19-21H,5H2,1H3. The third kappa shape index (κ3) is 4.32. The number of aliphatic hydroxyl groups is 2. The van der Waals surface area contributed by atoms with Crippen LogP contribution in [0, 0.1) is 0 Å². The van der Waals surface area contributed by atoms with Crippen LogP contribution in [0.3, 0.4) is 0 Å². The van der Waals surface area contributed by atoms with Crippen LogP contribution in [-0.4, -0.2) is 29.9 Å². The van der Waals surface area contributed by atoms with E-state index >= 15 is 0 Å². The van der Waals surface area contributed by atoms with Crippen LogP contribution >= 0.6 is 0 Å². The number of aliphatic hydroxyl groups excluding tert-OH is 2. The summed E-state index contributed by atoms with van der Waals surface area (Å²) in [6.45, 7) is -0.283. The summed E-state index contributed by atoms with van der Waals surface area (Å²) in [5.41, 5.74) is -3.76. The number of benzene rings is 1.